The molecule has 0 aromatic heterocycles. The van der Waals surface area contributed by atoms with Gasteiger partial charge in [0.2, 0.25) is 0 Å². The van der Waals surface area contributed by atoms with Crippen LogP contribution in [0.2, 0.25) is 0 Å². The Labute approximate surface area is 102 Å². The molecule has 0 aromatic rings. The van der Waals surface area contributed by atoms with E-state index in [9.17, 15) is 15.0 Å². The molecule has 1 rings (SSSR count). The smallest absolute Gasteiger partial charge is 0.306 e. The van der Waals surface area contributed by atoms with Crippen LogP contribution in [0.4, 0.5) is 0 Å². The predicted molar refractivity (Wildman–Crippen MR) is 64.3 cm³/mol. The van der Waals surface area contributed by atoms with Gasteiger partial charge in [-0.1, -0.05) is 32.4 Å². The van der Waals surface area contributed by atoms with Crippen LogP contribution < -0.4 is 0 Å². The number of esters is 1. The standard InChI is InChI=1S/C13H22O4/c1-3-5-10(14)11(15)6-4-7-12-9(2)8-13(16)17-12/h4,6,9-12,14-15H,3,5,7-8H2,1-2H3. The van der Waals surface area contributed by atoms with E-state index in [1.165, 1.54) is 0 Å². The monoisotopic (exact) mass is 242 g/mol. The Balaban J connectivity index is 2.32. The Kier molecular flexibility index (Phi) is 5.65. The van der Waals surface area contributed by atoms with Gasteiger partial charge >= 0.3 is 5.97 Å². The fourth-order valence-electron chi connectivity index (χ4n) is 1.95. The van der Waals surface area contributed by atoms with E-state index < -0.39 is 12.2 Å². The molecule has 17 heavy (non-hydrogen) atoms. The van der Waals surface area contributed by atoms with Crippen molar-refractivity contribution in [1.29, 1.82) is 0 Å². The van der Waals surface area contributed by atoms with E-state index in [1.807, 2.05) is 13.8 Å². The van der Waals surface area contributed by atoms with Crippen LogP contribution in [0.25, 0.3) is 0 Å². The SMILES string of the molecule is CCCC(O)C(O)C=CCC1OC(=O)CC1C. The van der Waals surface area contributed by atoms with Crippen molar-refractivity contribution in [3.05, 3.63) is 12.2 Å². The Morgan fingerprint density at radius 2 is 2.24 bits per heavy atom. The number of cyclic esters (lactones) is 1. The Hall–Kier alpha value is -0.870. The lowest BCUT2D eigenvalue weighted by molar-refractivity contribution is -0.141. The lowest BCUT2D eigenvalue weighted by Crippen LogP contribution is -2.23. The summed E-state index contributed by atoms with van der Waals surface area (Å²) >= 11 is 0. The first-order valence-corrected chi connectivity index (χ1v) is 6.26. The molecule has 4 atom stereocenters. The molecule has 0 aromatic carbocycles. The van der Waals surface area contributed by atoms with Crippen molar-refractivity contribution in [3.63, 3.8) is 0 Å². The average Bonchev–Trinajstić information content (AvgIpc) is 2.57. The molecule has 1 aliphatic heterocycles. The number of rotatable bonds is 6. The third kappa shape index (κ3) is 4.48. The first kappa shape index (κ1) is 14.2. The van der Waals surface area contributed by atoms with Gasteiger partial charge in [0, 0.05) is 12.3 Å². The van der Waals surface area contributed by atoms with Crippen LogP contribution in [0.15, 0.2) is 12.2 Å². The van der Waals surface area contributed by atoms with Crippen molar-refractivity contribution >= 4 is 5.97 Å². The van der Waals surface area contributed by atoms with Gasteiger partial charge in [-0.15, -0.1) is 0 Å². The minimum atomic E-state index is -0.831. The summed E-state index contributed by atoms with van der Waals surface area (Å²) < 4.78 is 5.13. The van der Waals surface area contributed by atoms with Gasteiger partial charge in [0.25, 0.3) is 0 Å². The number of hydrogen-bond acceptors (Lipinski definition) is 4. The molecule has 2 N–H and O–H groups in total. The quantitative estimate of drug-likeness (QED) is 0.546. The normalized spacial score (nSPS) is 28.4. The third-order valence-electron chi connectivity index (χ3n) is 3.09. The first-order valence-electron chi connectivity index (χ1n) is 6.26. The van der Waals surface area contributed by atoms with Gasteiger partial charge in [-0.3, -0.25) is 4.79 Å². The Morgan fingerprint density at radius 1 is 1.53 bits per heavy atom. The highest BCUT2D eigenvalue weighted by molar-refractivity contribution is 5.72. The van der Waals surface area contributed by atoms with Crippen molar-refractivity contribution in [2.45, 2.75) is 57.8 Å². The fourth-order valence-corrected chi connectivity index (χ4v) is 1.95. The minimum absolute atomic E-state index is 0.0886. The van der Waals surface area contributed by atoms with Crippen LogP contribution >= 0.6 is 0 Å². The van der Waals surface area contributed by atoms with E-state index in [1.54, 1.807) is 12.2 Å². The summed E-state index contributed by atoms with van der Waals surface area (Å²) in [4.78, 5) is 11.0. The summed E-state index contributed by atoms with van der Waals surface area (Å²) in [6, 6.07) is 0. The van der Waals surface area contributed by atoms with E-state index >= 15 is 0 Å². The van der Waals surface area contributed by atoms with Gasteiger partial charge in [-0.25, -0.2) is 0 Å². The lowest BCUT2D eigenvalue weighted by Gasteiger charge is -2.14. The molecular weight excluding hydrogens is 220 g/mol. The second-order valence-electron chi connectivity index (χ2n) is 4.72. The number of aliphatic hydroxyl groups is 2. The number of carbonyl (C=O) groups is 1. The van der Waals surface area contributed by atoms with Crippen LogP contribution in [0.1, 0.15) is 39.5 Å². The first-order chi connectivity index (χ1) is 8.04. The molecular formula is C13H22O4. The topological polar surface area (TPSA) is 66.8 Å². The Morgan fingerprint density at radius 3 is 2.76 bits per heavy atom. The molecule has 4 heteroatoms. The number of hydrogen-bond donors (Lipinski definition) is 2. The highest BCUT2D eigenvalue weighted by atomic mass is 16.5. The van der Waals surface area contributed by atoms with E-state index in [0.29, 0.717) is 19.3 Å². The molecule has 0 aliphatic carbocycles. The number of ether oxygens (including phenoxy) is 1. The van der Waals surface area contributed by atoms with Crippen molar-refractivity contribution in [2.75, 3.05) is 0 Å². The zero-order chi connectivity index (χ0) is 12.8. The van der Waals surface area contributed by atoms with Crippen molar-refractivity contribution in [1.82, 2.24) is 0 Å². The Bertz CT molecular complexity index is 275. The van der Waals surface area contributed by atoms with Crippen LogP contribution in [-0.2, 0) is 9.53 Å². The van der Waals surface area contributed by atoms with Crippen molar-refractivity contribution in [3.8, 4) is 0 Å². The third-order valence-corrected chi connectivity index (χ3v) is 3.09. The fraction of sp³-hybridized carbons (Fsp3) is 0.769. The van der Waals surface area contributed by atoms with Gasteiger partial charge in [-0.2, -0.15) is 0 Å². The van der Waals surface area contributed by atoms with E-state index in [2.05, 4.69) is 0 Å². The molecule has 1 saturated heterocycles. The van der Waals surface area contributed by atoms with Crippen molar-refractivity contribution in [2.24, 2.45) is 5.92 Å². The second-order valence-corrected chi connectivity index (χ2v) is 4.72. The molecule has 0 bridgehead atoms. The highest BCUT2D eigenvalue weighted by Crippen LogP contribution is 2.24. The minimum Gasteiger partial charge on any atom is -0.462 e. The summed E-state index contributed by atoms with van der Waals surface area (Å²) in [5.74, 6) is 0.0762. The molecule has 1 heterocycles. The highest BCUT2D eigenvalue weighted by Gasteiger charge is 2.30. The molecule has 0 spiro atoms. The largest absolute Gasteiger partial charge is 0.462 e. The predicted octanol–water partition coefficient (Wildman–Crippen LogP) is 1.41. The number of aliphatic hydroxyl groups excluding tert-OH is 2. The summed E-state index contributed by atoms with van der Waals surface area (Å²) in [5.41, 5.74) is 0. The maximum absolute atomic E-state index is 11.0. The van der Waals surface area contributed by atoms with Crippen LogP contribution in [0.3, 0.4) is 0 Å². The molecule has 1 aliphatic rings. The zero-order valence-electron chi connectivity index (χ0n) is 10.5. The van der Waals surface area contributed by atoms with Gasteiger partial charge < -0.3 is 14.9 Å². The maximum atomic E-state index is 11.0. The average molecular weight is 242 g/mol. The van der Waals surface area contributed by atoms with Crippen LogP contribution in [0.5, 0.6) is 0 Å². The van der Waals surface area contributed by atoms with E-state index in [4.69, 9.17) is 4.74 Å². The summed E-state index contributed by atoms with van der Waals surface area (Å²) in [5, 5.41) is 19.1. The molecule has 4 unspecified atom stereocenters. The molecule has 98 valence electrons. The summed E-state index contributed by atoms with van der Waals surface area (Å²) in [6.45, 7) is 3.94. The second kappa shape index (κ2) is 6.77. The van der Waals surface area contributed by atoms with E-state index in [-0.39, 0.29) is 18.0 Å². The molecule has 0 saturated carbocycles. The molecule has 4 nitrogen and oxygen atoms in total. The van der Waals surface area contributed by atoms with Gasteiger partial charge in [0.05, 0.1) is 18.6 Å². The van der Waals surface area contributed by atoms with Gasteiger partial charge in [-0.05, 0) is 6.42 Å². The van der Waals surface area contributed by atoms with Crippen LogP contribution in [-0.4, -0.2) is 34.5 Å². The van der Waals surface area contributed by atoms with Crippen LogP contribution in [0, 0.1) is 5.92 Å². The van der Waals surface area contributed by atoms with Gasteiger partial charge in [0.1, 0.15) is 6.10 Å². The lowest BCUT2D eigenvalue weighted by atomic mass is 10.0. The molecule has 0 radical (unpaired) electrons. The zero-order valence-corrected chi connectivity index (χ0v) is 10.5. The summed E-state index contributed by atoms with van der Waals surface area (Å²) in [7, 11) is 0. The summed E-state index contributed by atoms with van der Waals surface area (Å²) in [6.07, 6.45) is 4.23. The maximum Gasteiger partial charge on any atom is 0.306 e. The van der Waals surface area contributed by atoms with E-state index in [0.717, 1.165) is 6.42 Å². The number of carbonyl (C=O) groups excluding carboxylic acids is 1. The van der Waals surface area contributed by atoms with Crippen molar-refractivity contribution < 1.29 is 19.7 Å². The van der Waals surface area contributed by atoms with Gasteiger partial charge in [0.15, 0.2) is 0 Å². The molecule has 0 amide bonds. The molecule has 1 fully saturated rings.